The lowest BCUT2D eigenvalue weighted by atomic mass is 10.00. The van der Waals surface area contributed by atoms with Crippen LogP contribution in [-0.4, -0.2) is 211 Å². The zero-order valence-corrected chi connectivity index (χ0v) is 64.2. The number of aliphatic hydroxyl groups is 2. The third kappa shape index (κ3) is 33.8. The van der Waals surface area contributed by atoms with Crippen LogP contribution in [0.5, 0.6) is 5.75 Å². The molecule has 2 aromatic carbocycles. The van der Waals surface area contributed by atoms with Gasteiger partial charge in [0.25, 0.3) is 5.91 Å². The normalized spacial score (nSPS) is 20.4. The van der Waals surface area contributed by atoms with E-state index in [2.05, 4.69) is 77.6 Å². The van der Waals surface area contributed by atoms with Crippen molar-refractivity contribution in [2.75, 3.05) is 45.9 Å². The number of Topliss-reactive ketones (excluding diaryl/α,β-unsaturated/α-hetero) is 1. The van der Waals surface area contributed by atoms with Crippen molar-refractivity contribution in [1.82, 2.24) is 63.8 Å². The molecule has 1 fully saturated rings. The molecule has 1 aliphatic rings. The maximum Gasteiger partial charge on any atom is 0.251 e. The number of carbonyl (C=O) groups is 13. The third-order valence-corrected chi connectivity index (χ3v) is 18.3. The minimum atomic E-state index is -1.83. The Bertz CT molecular complexity index is 3180. The summed E-state index contributed by atoms with van der Waals surface area (Å²) in [4.78, 5) is 184. The monoisotopic (exact) mass is 1520 g/mol. The van der Waals surface area contributed by atoms with Crippen LogP contribution in [0.15, 0.2) is 48.5 Å². The Morgan fingerprint density at radius 3 is 1.48 bits per heavy atom. The molecule has 0 aromatic heterocycles. The van der Waals surface area contributed by atoms with Crippen LogP contribution < -0.4 is 97.2 Å². The molecule has 33 nitrogen and oxygen atoms in total. The van der Waals surface area contributed by atoms with Gasteiger partial charge in [0, 0.05) is 18.5 Å². The lowest BCUT2D eigenvalue weighted by Gasteiger charge is -2.29. The van der Waals surface area contributed by atoms with Crippen LogP contribution in [0.4, 0.5) is 0 Å². The first-order valence-corrected chi connectivity index (χ1v) is 38.4. The summed E-state index contributed by atoms with van der Waals surface area (Å²) in [6.45, 7) is 10.4. The van der Waals surface area contributed by atoms with Crippen LogP contribution in [0, 0.1) is 5.92 Å². The van der Waals surface area contributed by atoms with Gasteiger partial charge in [-0.15, -0.1) is 0 Å². The summed E-state index contributed by atoms with van der Waals surface area (Å²) in [6.07, 6.45) is 5.76. The van der Waals surface area contributed by atoms with E-state index in [9.17, 15) is 72.5 Å². The van der Waals surface area contributed by atoms with Crippen molar-refractivity contribution >= 4 is 76.7 Å². The van der Waals surface area contributed by atoms with Crippen molar-refractivity contribution in [1.29, 1.82) is 0 Å². The number of ketones is 1. The standard InChI is InChI=1S/C75H125N17O16/c1-8-11-13-15-17-19-24-53(82-64(96)50-23-21-22-49(43-50)48-26-28-52(29-27-48)108-44-51(95)10-3)65(97)85-59(34-40-80)72(104)92-63(47(7)94)75(107)89-57(32-38-78)69(101)88-60-35-41-81-74(106)62(46(6)93)91-71(103)58(33-39-79)86-68(100)56(31-37-77)87-73(105)61(42-45(4)5)90-66(98)54(25-20-18-16-14-12-9-2)83-67(99)55(30-36-76)84-70(60)102/h21-23,26-29,43,45-47,53-63,93-94H,8-20,24-25,30-42,44,76-80H2,1-7H3,(H,81,106)(H,82,96)(H,83,99)(H,84,102)(H,85,97)(H,86,100)(H,87,105)(H,88,101)(H,89,107)(H,90,98)(H,91,103)(H,92,104)/t46-,47-,53+,54-,55+,56+,57+,58+,59+,60+,61+,62+,63+/m1/s1. The van der Waals surface area contributed by atoms with E-state index in [1.807, 2.05) is 0 Å². The Labute approximate surface area is 635 Å². The molecule has 13 atom stereocenters. The minimum Gasteiger partial charge on any atom is -0.486 e. The molecule has 24 N–H and O–H groups in total. The Morgan fingerprint density at radius 2 is 0.963 bits per heavy atom. The summed E-state index contributed by atoms with van der Waals surface area (Å²) in [5.41, 5.74) is 31.5. The van der Waals surface area contributed by atoms with Crippen LogP contribution in [-0.2, 0) is 57.5 Å². The average molecular weight is 1520 g/mol. The van der Waals surface area contributed by atoms with Gasteiger partial charge in [-0.2, -0.15) is 0 Å². The van der Waals surface area contributed by atoms with Crippen LogP contribution in [0.1, 0.15) is 200 Å². The number of hydrogen-bond acceptors (Lipinski definition) is 21. The Balaban J connectivity index is 2.04. The van der Waals surface area contributed by atoms with Gasteiger partial charge in [0.05, 0.1) is 12.2 Å². The molecule has 1 aliphatic heterocycles. The van der Waals surface area contributed by atoms with Crippen molar-refractivity contribution in [3.05, 3.63) is 54.1 Å². The highest BCUT2D eigenvalue weighted by molar-refractivity contribution is 6.01. The number of aliphatic hydroxyl groups excluding tert-OH is 2. The summed E-state index contributed by atoms with van der Waals surface area (Å²) in [5.74, 6) is -10.6. The number of ether oxygens (including phenoxy) is 1. The van der Waals surface area contributed by atoms with Crippen molar-refractivity contribution in [3.63, 3.8) is 0 Å². The number of nitrogens with two attached hydrogens (primary N) is 5. The SMILES string of the molecule is CCCCCCCC[C@H](NC(=O)c1cccc(-c2ccc(OCC(=O)CC)cc2)c1)C(=O)N[C@@H](CCN)C(=O)N[C@H](C(=O)N[C@@H](CCN)C(=O)N[C@H]1CCNC(=O)[C@H]([C@@H](C)O)NC(=O)[C@H](CCN)NC(=O)[C@H](CCN)NC(=O)[C@H](CC(C)C)NC(=O)[C@@H](CCCCCCCC)NC(=O)[C@H](CCN)NC1=O)[C@@H](C)O. The second kappa shape index (κ2) is 51.6. The van der Waals surface area contributed by atoms with E-state index in [1.165, 1.54) is 13.8 Å². The first-order valence-electron chi connectivity index (χ1n) is 38.4. The van der Waals surface area contributed by atoms with Gasteiger partial charge in [0.1, 0.15) is 78.8 Å². The molecule has 1 heterocycles. The molecule has 0 radical (unpaired) electrons. The predicted molar refractivity (Wildman–Crippen MR) is 408 cm³/mol. The second-order valence-corrected chi connectivity index (χ2v) is 28.0. The number of rotatable bonds is 43. The summed E-state index contributed by atoms with van der Waals surface area (Å²) >= 11 is 0. The molecule has 0 spiro atoms. The molecule has 0 aliphatic carbocycles. The second-order valence-electron chi connectivity index (χ2n) is 28.0. The van der Waals surface area contributed by atoms with Gasteiger partial charge in [0.15, 0.2) is 5.78 Å². The number of benzene rings is 2. The Kier molecular flexibility index (Phi) is 44.6. The number of carbonyl (C=O) groups excluding carboxylic acids is 13. The maximum absolute atomic E-state index is 14.8. The maximum atomic E-state index is 14.8. The minimum absolute atomic E-state index is 0.0562. The Hall–Kier alpha value is -8.73. The molecule has 108 heavy (non-hydrogen) atoms. The van der Waals surface area contributed by atoms with Crippen LogP contribution in [0.25, 0.3) is 11.1 Å². The first kappa shape index (κ1) is 93.5. The van der Waals surface area contributed by atoms with Gasteiger partial charge in [-0.05, 0) is 146 Å². The average Bonchev–Trinajstić information content (AvgIpc) is 0.845. The molecule has 0 unspecified atom stereocenters. The number of hydrogen-bond donors (Lipinski definition) is 19. The first-order chi connectivity index (χ1) is 51.6. The predicted octanol–water partition coefficient (Wildman–Crippen LogP) is -0.769. The van der Waals surface area contributed by atoms with E-state index >= 15 is 0 Å². The zero-order valence-electron chi connectivity index (χ0n) is 64.2. The molecular weight excluding hydrogens is 1390 g/mol. The third-order valence-electron chi connectivity index (χ3n) is 18.3. The smallest absolute Gasteiger partial charge is 0.251 e. The lowest BCUT2D eigenvalue weighted by molar-refractivity contribution is -0.137. The van der Waals surface area contributed by atoms with E-state index in [1.54, 1.807) is 69.3 Å². The van der Waals surface area contributed by atoms with Gasteiger partial charge in [-0.1, -0.05) is 136 Å². The highest BCUT2D eigenvalue weighted by Gasteiger charge is 2.38. The highest BCUT2D eigenvalue weighted by Crippen LogP contribution is 2.24. The van der Waals surface area contributed by atoms with Gasteiger partial charge in [-0.25, -0.2) is 0 Å². The van der Waals surface area contributed by atoms with Crippen molar-refractivity contribution in [3.8, 4) is 16.9 Å². The fourth-order valence-electron chi connectivity index (χ4n) is 12.0. The van der Waals surface area contributed by atoms with Gasteiger partial charge in [-0.3, -0.25) is 62.3 Å². The Morgan fingerprint density at radius 1 is 0.491 bits per heavy atom. The zero-order chi connectivity index (χ0) is 80.3. The molecule has 12 amide bonds. The van der Waals surface area contributed by atoms with E-state index < -0.39 is 163 Å². The van der Waals surface area contributed by atoms with E-state index in [0.29, 0.717) is 37.0 Å². The van der Waals surface area contributed by atoms with Crippen LogP contribution >= 0.6 is 0 Å². The molecule has 0 saturated carbocycles. The van der Waals surface area contributed by atoms with Crippen LogP contribution in [0.3, 0.4) is 0 Å². The molecular formula is C75H125N17O16. The molecule has 33 heteroatoms. The molecule has 2 aromatic rings. The summed E-state index contributed by atoms with van der Waals surface area (Å²) < 4.78 is 5.59. The highest BCUT2D eigenvalue weighted by atomic mass is 16.5. The van der Waals surface area contributed by atoms with Crippen molar-refractivity contribution < 1.29 is 77.3 Å². The van der Waals surface area contributed by atoms with E-state index in [-0.39, 0.29) is 108 Å². The molecule has 3 rings (SSSR count). The quantitative estimate of drug-likeness (QED) is 0.0363. The fourth-order valence-corrected chi connectivity index (χ4v) is 12.0. The van der Waals surface area contributed by atoms with Gasteiger partial charge >= 0.3 is 0 Å². The van der Waals surface area contributed by atoms with Gasteiger partial charge in [0.2, 0.25) is 65.0 Å². The fraction of sp³-hybridized carbons (Fsp3) is 0.667. The van der Waals surface area contributed by atoms with Gasteiger partial charge < -0.3 is 107 Å². The molecule has 1 saturated heterocycles. The van der Waals surface area contributed by atoms with Crippen molar-refractivity contribution in [2.24, 2.45) is 34.6 Å². The largest absolute Gasteiger partial charge is 0.486 e. The van der Waals surface area contributed by atoms with Crippen LogP contribution in [0.2, 0.25) is 0 Å². The summed E-state index contributed by atoms with van der Waals surface area (Å²) in [7, 11) is 0. The summed E-state index contributed by atoms with van der Waals surface area (Å²) in [6, 6.07) is -2.68. The summed E-state index contributed by atoms with van der Waals surface area (Å²) in [5, 5.41) is 53.3. The lowest BCUT2D eigenvalue weighted by Crippen LogP contribution is -2.62. The number of nitrogens with one attached hydrogen (secondary N) is 12. The number of unbranched alkanes of at least 4 members (excludes halogenated alkanes) is 10. The van der Waals surface area contributed by atoms with E-state index in [4.69, 9.17) is 33.4 Å². The molecule has 606 valence electrons. The molecule has 0 bridgehead atoms. The topological polar surface area (TPSA) is 546 Å². The number of amides is 12. The van der Waals surface area contributed by atoms with Crippen molar-refractivity contribution in [2.45, 2.75) is 268 Å². The van der Waals surface area contributed by atoms with E-state index in [0.717, 1.165) is 63.4 Å².